The van der Waals surface area contributed by atoms with Crippen LogP contribution in [-0.2, 0) is 0 Å². The van der Waals surface area contributed by atoms with Crippen LogP contribution in [0.2, 0.25) is 0 Å². The summed E-state index contributed by atoms with van der Waals surface area (Å²) in [5, 5.41) is 8.65. The molecule has 1 rings (SSSR count). The highest BCUT2D eigenvalue weighted by molar-refractivity contribution is 5.32. The fraction of sp³-hybridized carbons (Fsp3) is 0.400. The van der Waals surface area contributed by atoms with Crippen LogP contribution in [0, 0.1) is 18.3 Å². The summed E-state index contributed by atoms with van der Waals surface area (Å²) in [5.41, 5.74) is 1.20. The van der Waals surface area contributed by atoms with E-state index in [1.54, 1.807) is 6.07 Å². The summed E-state index contributed by atoms with van der Waals surface area (Å²) in [7, 11) is 0. The van der Waals surface area contributed by atoms with Crippen molar-refractivity contribution in [2.75, 3.05) is 0 Å². The molecule has 3 heteroatoms. The summed E-state index contributed by atoms with van der Waals surface area (Å²) in [6, 6.07) is 5.46. The van der Waals surface area contributed by atoms with Crippen molar-refractivity contribution in [1.29, 1.82) is 5.26 Å². The molecule has 1 aromatic heterocycles. The predicted octanol–water partition coefficient (Wildman–Crippen LogP) is 2.05. The minimum Gasteiger partial charge on any atom is -0.491 e. The third-order valence-electron chi connectivity index (χ3n) is 1.41. The van der Waals surface area contributed by atoms with E-state index in [1.807, 2.05) is 32.9 Å². The second kappa shape index (κ2) is 3.90. The maximum Gasteiger partial charge on any atom is 0.144 e. The van der Waals surface area contributed by atoms with Gasteiger partial charge in [-0.3, -0.25) is 0 Å². The van der Waals surface area contributed by atoms with Crippen LogP contribution in [0.1, 0.15) is 25.2 Å². The number of nitrogens with zero attached hydrogens (tertiary/aromatic N) is 2. The molecule has 0 unspecified atom stereocenters. The van der Waals surface area contributed by atoms with Crippen LogP contribution < -0.4 is 4.74 Å². The van der Waals surface area contributed by atoms with Gasteiger partial charge in [-0.1, -0.05) is 0 Å². The van der Waals surface area contributed by atoms with Crippen LogP contribution >= 0.6 is 0 Å². The van der Waals surface area contributed by atoms with Gasteiger partial charge in [0.1, 0.15) is 17.5 Å². The molecule has 0 radical (unpaired) electrons. The molecular formula is C10H12N2O. The number of aromatic nitrogens is 1. The maximum atomic E-state index is 8.65. The molecule has 0 spiro atoms. The van der Waals surface area contributed by atoms with E-state index >= 15 is 0 Å². The van der Waals surface area contributed by atoms with Gasteiger partial charge in [0, 0.05) is 17.8 Å². The normalized spacial score (nSPS) is 9.77. The Kier molecular flexibility index (Phi) is 2.86. The number of hydrogen-bond acceptors (Lipinski definition) is 3. The Morgan fingerprint density at radius 2 is 2.15 bits per heavy atom. The minimum atomic E-state index is 0.119. The van der Waals surface area contributed by atoms with Crippen LogP contribution in [-0.4, -0.2) is 11.1 Å². The van der Waals surface area contributed by atoms with E-state index in [-0.39, 0.29) is 6.10 Å². The zero-order chi connectivity index (χ0) is 9.84. The van der Waals surface area contributed by atoms with Gasteiger partial charge in [0.05, 0.1) is 6.10 Å². The number of pyridine rings is 1. The molecule has 0 aliphatic carbocycles. The molecular weight excluding hydrogens is 164 g/mol. The predicted molar refractivity (Wildman–Crippen MR) is 49.5 cm³/mol. The lowest BCUT2D eigenvalue weighted by atomic mass is 10.3. The molecule has 0 fully saturated rings. The van der Waals surface area contributed by atoms with Crippen molar-refractivity contribution < 1.29 is 4.74 Å². The summed E-state index contributed by atoms with van der Waals surface area (Å²) in [6.07, 6.45) is 0.119. The first-order valence-corrected chi connectivity index (χ1v) is 4.17. The molecule has 13 heavy (non-hydrogen) atoms. The second-order valence-corrected chi connectivity index (χ2v) is 3.11. The SMILES string of the molecule is Cc1cc(OC(C)C)cc(C#N)n1. The van der Waals surface area contributed by atoms with Gasteiger partial charge in [0.15, 0.2) is 0 Å². The van der Waals surface area contributed by atoms with Gasteiger partial charge >= 0.3 is 0 Å². The summed E-state index contributed by atoms with van der Waals surface area (Å²) in [6.45, 7) is 5.73. The first-order valence-electron chi connectivity index (χ1n) is 4.17. The summed E-state index contributed by atoms with van der Waals surface area (Å²) in [5.74, 6) is 0.707. The maximum absolute atomic E-state index is 8.65. The lowest BCUT2D eigenvalue weighted by molar-refractivity contribution is 0.242. The highest BCUT2D eigenvalue weighted by atomic mass is 16.5. The lowest BCUT2D eigenvalue weighted by Crippen LogP contribution is -2.06. The van der Waals surface area contributed by atoms with Gasteiger partial charge in [0.25, 0.3) is 0 Å². The van der Waals surface area contributed by atoms with Crippen molar-refractivity contribution in [3.8, 4) is 11.8 Å². The van der Waals surface area contributed by atoms with Crippen LogP contribution in [0.3, 0.4) is 0 Å². The van der Waals surface area contributed by atoms with E-state index in [1.165, 1.54) is 0 Å². The molecule has 0 saturated carbocycles. The van der Waals surface area contributed by atoms with Gasteiger partial charge in [0.2, 0.25) is 0 Å². The third-order valence-corrected chi connectivity index (χ3v) is 1.41. The van der Waals surface area contributed by atoms with Crippen molar-refractivity contribution in [3.05, 3.63) is 23.5 Å². The molecule has 0 N–H and O–H groups in total. The Labute approximate surface area is 78.0 Å². The number of aryl methyl sites for hydroxylation is 1. The summed E-state index contributed by atoms with van der Waals surface area (Å²) < 4.78 is 5.45. The Bertz CT molecular complexity index is 339. The van der Waals surface area contributed by atoms with Crippen molar-refractivity contribution >= 4 is 0 Å². The van der Waals surface area contributed by atoms with E-state index < -0.39 is 0 Å². The molecule has 68 valence electrons. The minimum absolute atomic E-state index is 0.119. The zero-order valence-corrected chi connectivity index (χ0v) is 8.03. The van der Waals surface area contributed by atoms with E-state index in [0.29, 0.717) is 11.4 Å². The molecule has 0 aliphatic rings. The van der Waals surface area contributed by atoms with E-state index in [2.05, 4.69) is 4.98 Å². The van der Waals surface area contributed by atoms with Crippen molar-refractivity contribution in [3.63, 3.8) is 0 Å². The Balaban J connectivity index is 2.96. The third kappa shape index (κ3) is 2.75. The second-order valence-electron chi connectivity index (χ2n) is 3.11. The fourth-order valence-corrected chi connectivity index (χ4v) is 1.03. The van der Waals surface area contributed by atoms with E-state index in [4.69, 9.17) is 10.00 Å². The van der Waals surface area contributed by atoms with Crippen LogP contribution in [0.15, 0.2) is 12.1 Å². The molecule has 0 bridgehead atoms. The average Bonchev–Trinajstić information content (AvgIpc) is 2.01. The molecule has 1 aromatic rings. The van der Waals surface area contributed by atoms with Gasteiger partial charge < -0.3 is 4.74 Å². The molecule has 3 nitrogen and oxygen atoms in total. The van der Waals surface area contributed by atoms with Crippen LogP contribution in [0.5, 0.6) is 5.75 Å². The topological polar surface area (TPSA) is 45.9 Å². The smallest absolute Gasteiger partial charge is 0.144 e. The molecule has 0 aliphatic heterocycles. The quantitative estimate of drug-likeness (QED) is 0.692. The average molecular weight is 176 g/mol. The van der Waals surface area contributed by atoms with E-state index in [9.17, 15) is 0 Å². The molecule has 0 aromatic carbocycles. The Hall–Kier alpha value is -1.56. The molecule has 0 amide bonds. The van der Waals surface area contributed by atoms with Gasteiger partial charge in [-0.2, -0.15) is 5.26 Å². The zero-order valence-electron chi connectivity index (χ0n) is 8.03. The molecule has 1 heterocycles. The van der Waals surface area contributed by atoms with Crippen LogP contribution in [0.25, 0.3) is 0 Å². The summed E-state index contributed by atoms with van der Waals surface area (Å²) in [4.78, 5) is 4.02. The van der Waals surface area contributed by atoms with Gasteiger partial charge in [-0.25, -0.2) is 4.98 Å². The fourth-order valence-electron chi connectivity index (χ4n) is 1.03. The number of rotatable bonds is 2. The molecule has 0 atom stereocenters. The van der Waals surface area contributed by atoms with E-state index in [0.717, 1.165) is 5.69 Å². The Morgan fingerprint density at radius 3 is 2.69 bits per heavy atom. The molecule has 0 saturated heterocycles. The summed E-state index contributed by atoms with van der Waals surface area (Å²) >= 11 is 0. The largest absolute Gasteiger partial charge is 0.491 e. The monoisotopic (exact) mass is 176 g/mol. The number of hydrogen-bond donors (Lipinski definition) is 0. The van der Waals surface area contributed by atoms with Gasteiger partial charge in [-0.15, -0.1) is 0 Å². The number of nitriles is 1. The standard InChI is InChI=1S/C10H12N2O/c1-7(2)13-10-4-8(3)12-9(5-10)6-11/h4-5,7H,1-3H3. The van der Waals surface area contributed by atoms with Crippen molar-refractivity contribution in [1.82, 2.24) is 4.98 Å². The number of ether oxygens (including phenoxy) is 1. The van der Waals surface area contributed by atoms with Gasteiger partial charge in [-0.05, 0) is 20.8 Å². The first kappa shape index (κ1) is 9.53. The van der Waals surface area contributed by atoms with Crippen LogP contribution in [0.4, 0.5) is 0 Å². The first-order chi connectivity index (χ1) is 6.11. The van der Waals surface area contributed by atoms with Crippen molar-refractivity contribution in [2.24, 2.45) is 0 Å². The Morgan fingerprint density at radius 1 is 1.46 bits per heavy atom. The van der Waals surface area contributed by atoms with Crippen molar-refractivity contribution in [2.45, 2.75) is 26.9 Å². The highest BCUT2D eigenvalue weighted by Gasteiger charge is 2.01. The highest BCUT2D eigenvalue weighted by Crippen LogP contribution is 2.14. The lowest BCUT2D eigenvalue weighted by Gasteiger charge is -2.09.